The largest absolute Gasteiger partial charge is 0.478 e. The van der Waals surface area contributed by atoms with E-state index in [-0.39, 0.29) is 17.4 Å². The fourth-order valence-electron chi connectivity index (χ4n) is 2.72. The molecular formula is C16H21NO3. The fraction of sp³-hybridized carbons (Fsp3) is 0.500. The normalized spacial score (nSPS) is 16.4. The SMILES string of the molecule is Cc1ccc(NC(=O)C2CCCCCC2)cc1C(=O)O. The van der Waals surface area contributed by atoms with Crippen LogP contribution in [0.5, 0.6) is 0 Å². The van der Waals surface area contributed by atoms with Crippen LogP contribution < -0.4 is 5.32 Å². The lowest BCUT2D eigenvalue weighted by Crippen LogP contribution is -2.22. The van der Waals surface area contributed by atoms with Crippen molar-refractivity contribution >= 4 is 17.6 Å². The Morgan fingerprint density at radius 1 is 1.15 bits per heavy atom. The van der Waals surface area contributed by atoms with Crippen LogP contribution in [0.25, 0.3) is 0 Å². The van der Waals surface area contributed by atoms with Gasteiger partial charge in [0.05, 0.1) is 5.56 Å². The van der Waals surface area contributed by atoms with E-state index in [1.54, 1.807) is 19.1 Å². The van der Waals surface area contributed by atoms with Crippen LogP contribution in [0.1, 0.15) is 54.4 Å². The molecule has 0 atom stereocenters. The van der Waals surface area contributed by atoms with Gasteiger partial charge in [-0.1, -0.05) is 31.7 Å². The molecule has 0 bridgehead atoms. The second-order valence-corrected chi connectivity index (χ2v) is 5.51. The molecule has 0 saturated heterocycles. The molecule has 0 spiro atoms. The number of amides is 1. The molecule has 1 amide bonds. The minimum atomic E-state index is -0.965. The Labute approximate surface area is 119 Å². The molecule has 1 aliphatic carbocycles. The summed E-state index contributed by atoms with van der Waals surface area (Å²) >= 11 is 0. The van der Waals surface area contributed by atoms with Gasteiger partial charge in [-0.05, 0) is 37.5 Å². The zero-order valence-electron chi connectivity index (χ0n) is 11.8. The maximum atomic E-state index is 12.2. The van der Waals surface area contributed by atoms with Gasteiger partial charge in [-0.2, -0.15) is 0 Å². The van der Waals surface area contributed by atoms with Crippen LogP contribution in [0.3, 0.4) is 0 Å². The van der Waals surface area contributed by atoms with Gasteiger partial charge in [-0.3, -0.25) is 4.79 Å². The molecule has 2 N–H and O–H groups in total. The third kappa shape index (κ3) is 3.59. The number of carbonyl (C=O) groups is 2. The van der Waals surface area contributed by atoms with E-state index in [0.29, 0.717) is 11.3 Å². The molecule has 1 aliphatic rings. The van der Waals surface area contributed by atoms with E-state index in [9.17, 15) is 9.59 Å². The van der Waals surface area contributed by atoms with E-state index in [4.69, 9.17) is 5.11 Å². The summed E-state index contributed by atoms with van der Waals surface area (Å²) < 4.78 is 0. The first-order valence-corrected chi connectivity index (χ1v) is 7.23. The van der Waals surface area contributed by atoms with E-state index in [1.807, 2.05) is 0 Å². The molecule has 1 aromatic rings. The van der Waals surface area contributed by atoms with Crippen LogP contribution in [0, 0.1) is 12.8 Å². The Balaban J connectivity index is 2.07. The predicted molar refractivity (Wildman–Crippen MR) is 78.0 cm³/mol. The lowest BCUT2D eigenvalue weighted by atomic mass is 9.99. The number of carbonyl (C=O) groups excluding carboxylic acids is 1. The van der Waals surface area contributed by atoms with Crippen LogP contribution >= 0.6 is 0 Å². The third-order valence-electron chi connectivity index (χ3n) is 3.96. The molecule has 4 heteroatoms. The maximum absolute atomic E-state index is 12.2. The van der Waals surface area contributed by atoms with Crippen molar-refractivity contribution < 1.29 is 14.7 Å². The van der Waals surface area contributed by atoms with Crippen LogP contribution in [-0.2, 0) is 4.79 Å². The highest BCUT2D eigenvalue weighted by atomic mass is 16.4. The standard InChI is InChI=1S/C16H21NO3/c1-11-8-9-13(10-14(11)16(19)20)17-15(18)12-6-4-2-3-5-7-12/h8-10,12H,2-7H2,1H3,(H,17,18)(H,19,20). The van der Waals surface area contributed by atoms with Gasteiger partial charge in [0.25, 0.3) is 0 Å². The molecule has 2 rings (SSSR count). The summed E-state index contributed by atoms with van der Waals surface area (Å²) in [6, 6.07) is 5.02. The molecule has 20 heavy (non-hydrogen) atoms. The predicted octanol–water partition coefficient (Wildman–Crippen LogP) is 3.60. The smallest absolute Gasteiger partial charge is 0.336 e. The van der Waals surface area contributed by atoms with E-state index >= 15 is 0 Å². The monoisotopic (exact) mass is 275 g/mol. The molecule has 0 aromatic heterocycles. The molecular weight excluding hydrogens is 254 g/mol. The van der Waals surface area contributed by atoms with Crippen molar-refractivity contribution in [2.75, 3.05) is 5.32 Å². The maximum Gasteiger partial charge on any atom is 0.336 e. The second-order valence-electron chi connectivity index (χ2n) is 5.51. The summed E-state index contributed by atoms with van der Waals surface area (Å²) in [4.78, 5) is 23.3. The summed E-state index contributed by atoms with van der Waals surface area (Å²) in [7, 11) is 0. The van der Waals surface area contributed by atoms with Crippen LogP contribution in [-0.4, -0.2) is 17.0 Å². The quantitative estimate of drug-likeness (QED) is 0.828. The van der Waals surface area contributed by atoms with E-state index < -0.39 is 5.97 Å². The lowest BCUT2D eigenvalue weighted by Gasteiger charge is -2.14. The van der Waals surface area contributed by atoms with Crippen LogP contribution in [0.2, 0.25) is 0 Å². The van der Waals surface area contributed by atoms with Gasteiger partial charge in [-0.15, -0.1) is 0 Å². The van der Waals surface area contributed by atoms with Crippen molar-refractivity contribution in [3.8, 4) is 0 Å². The van der Waals surface area contributed by atoms with E-state index in [1.165, 1.54) is 18.9 Å². The fourth-order valence-corrected chi connectivity index (χ4v) is 2.72. The summed E-state index contributed by atoms with van der Waals surface area (Å²) in [5, 5.41) is 12.0. The van der Waals surface area contributed by atoms with Crippen molar-refractivity contribution in [2.24, 2.45) is 5.92 Å². The molecule has 0 heterocycles. The number of hydrogen-bond acceptors (Lipinski definition) is 2. The summed E-state index contributed by atoms with van der Waals surface area (Å²) in [5.41, 5.74) is 1.51. The van der Waals surface area contributed by atoms with Crippen molar-refractivity contribution in [2.45, 2.75) is 45.4 Å². The van der Waals surface area contributed by atoms with Gasteiger partial charge < -0.3 is 10.4 Å². The van der Waals surface area contributed by atoms with Gasteiger partial charge in [-0.25, -0.2) is 4.79 Å². The first-order valence-electron chi connectivity index (χ1n) is 7.23. The Morgan fingerprint density at radius 3 is 2.40 bits per heavy atom. The Kier molecular flexibility index (Phi) is 4.77. The number of aromatic carboxylic acids is 1. The Hall–Kier alpha value is -1.84. The number of anilines is 1. The van der Waals surface area contributed by atoms with Gasteiger partial charge in [0, 0.05) is 11.6 Å². The van der Waals surface area contributed by atoms with Crippen molar-refractivity contribution in [3.05, 3.63) is 29.3 Å². The summed E-state index contributed by atoms with van der Waals surface area (Å²) in [6.07, 6.45) is 6.49. The van der Waals surface area contributed by atoms with Gasteiger partial charge in [0.15, 0.2) is 0 Å². The van der Waals surface area contributed by atoms with E-state index in [0.717, 1.165) is 25.7 Å². The topological polar surface area (TPSA) is 66.4 Å². The number of hydrogen-bond donors (Lipinski definition) is 2. The first-order chi connectivity index (χ1) is 9.58. The highest BCUT2D eigenvalue weighted by Gasteiger charge is 2.20. The average Bonchev–Trinajstić information content (AvgIpc) is 2.69. The number of nitrogens with one attached hydrogen (secondary N) is 1. The first kappa shape index (κ1) is 14.6. The summed E-state index contributed by atoms with van der Waals surface area (Å²) in [6.45, 7) is 1.75. The van der Waals surface area contributed by atoms with Gasteiger partial charge in [0.2, 0.25) is 5.91 Å². The number of rotatable bonds is 3. The minimum absolute atomic E-state index is 0.0205. The number of carboxylic acid groups (broad SMARTS) is 1. The number of benzene rings is 1. The highest BCUT2D eigenvalue weighted by Crippen LogP contribution is 2.24. The molecule has 0 unspecified atom stereocenters. The summed E-state index contributed by atoms with van der Waals surface area (Å²) in [5.74, 6) is -0.882. The second kappa shape index (κ2) is 6.55. The highest BCUT2D eigenvalue weighted by molar-refractivity contribution is 5.95. The van der Waals surface area contributed by atoms with Crippen LogP contribution in [0.15, 0.2) is 18.2 Å². The van der Waals surface area contributed by atoms with Crippen molar-refractivity contribution in [1.29, 1.82) is 0 Å². The lowest BCUT2D eigenvalue weighted by molar-refractivity contribution is -0.120. The Morgan fingerprint density at radius 2 is 1.80 bits per heavy atom. The molecule has 0 radical (unpaired) electrons. The van der Waals surface area contributed by atoms with E-state index in [2.05, 4.69) is 5.32 Å². The van der Waals surface area contributed by atoms with Crippen molar-refractivity contribution in [3.63, 3.8) is 0 Å². The zero-order valence-corrected chi connectivity index (χ0v) is 11.8. The molecule has 4 nitrogen and oxygen atoms in total. The number of aryl methyl sites for hydroxylation is 1. The molecule has 1 fully saturated rings. The van der Waals surface area contributed by atoms with Crippen LogP contribution in [0.4, 0.5) is 5.69 Å². The molecule has 1 saturated carbocycles. The van der Waals surface area contributed by atoms with Gasteiger partial charge >= 0.3 is 5.97 Å². The molecule has 108 valence electrons. The van der Waals surface area contributed by atoms with Gasteiger partial charge in [0.1, 0.15) is 0 Å². The zero-order chi connectivity index (χ0) is 14.5. The Bertz CT molecular complexity index is 502. The molecule has 1 aromatic carbocycles. The van der Waals surface area contributed by atoms with Crippen molar-refractivity contribution in [1.82, 2.24) is 0 Å². The average molecular weight is 275 g/mol. The number of carboxylic acids is 1. The molecule has 0 aliphatic heterocycles. The minimum Gasteiger partial charge on any atom is -0.478 e. The third-order valence-corrected chi connectivity index (χ3v) is 3.96.